The number of pyridine rings is 1. The highest BCUT2D eigenvalue weighted by atomic mass is 16.5. The molecular weight excluding hydrogens is 256 g/mol. The number of aromatic nitrogens is 1. The number of nitrogens with zero attached hydrogens (tertiary/aromatic N) is 2. The fraction of sp³-hybridized carbons (Fsp3) is 0.571. The van der Waals surface area contributed by atoms with E-state index in [0.717, 1.165) is 6.42 Å². The molecule has 0 aliphatic rings. The summed E-state index contributed by atoms with van der Waals surface area (Å²) in [6.07, 6.45) is 0.887. The summed E-state index contributed by atoms with van der Waals surface area (Å²) in [5.74, 6) is 1.03. The van der Waals surface area contributed by atoms with Gasteiger partial charge in [0.1, 0.15) is 5.82 Å². The molecule has 0 aliphatic heterocycles. The molecule has 0 radical (unpaired) electrons. The van der Waals surface area contributed by atoms with Crippen molar-refractivity contribution in [1.29, 1.82) is 0 Å². The lowest BCUT2D eigenvalue weighted by molar-refractivity contribution is -0.120. The van der Waals surface area contributed by atoms with Crippen molar-refractivity contribution in [3.8, 4) is 5.88 Å². The molecule has 6 heteroatoms. The number of carbonyl (C=O) groups is 1. The summed E-state index contributed by atoms with van der Waals surface area (Å²) >= 11 is 0. The van der Waals surface area contributed by atoms with E-state index in [0.29, 0.717) is 24.0 Å². The number of likely N-dealkylation sites (N-methyl/N-ethyl adjacent to an activating group) is 1. The van der Waals surface area contributed by atoms with Gasteiger partial charge < -0.3 is 20.7 Å². The number of ether oxygens (including phenoxy) is 1. The predicted octanol–water partition coefficient (Wildman–Crippen LogP) is 1.41. The number of hydrogen-bond acceptors (Lipinski definition) is 5. The fourth-order valence-corrected chi connectivity index (χ4v) is 1.63. The van der Waals surface area contributed by atoms with Crippen molar-refractivity contribution in [3.05, 3.63) is 12.1 Å². The predicted molar refractivity (Wildman–Crippen MR) is 81.0 cm³/mol. The second-order valence-electron chi connectivity index (χ2n) is 4.99. The van der Waals surface area contributed by atoms with Gasteiger partial charge in [-0.15, -0.1) is 0 Å². The van der Waals surface area contributed by atoms with E-state index in [1.54, 1.807) is 17.0 Å². The smallest absolute Gasteiger partial charge is 0.239 e. The van der Waals surface area contributed by atoms with Crippen LogP contribution in [0.5, 0.6) is 5.88 Å². The summed E-state index contributed by atoms with van der Waals surface area (Å²) in [6, 6.07) is 3.64. The topological polar surface area (TPSA) is 80.5 Å². The van der Waals surface area contributed by atoms with Crippen LogP contribution in [0, 0.1) is 0 Å². The lowest BCUT2D eigenvalue weighted by atomic mass is 10.3. The molecule has 0 unspecified atom stereocenters. The van der Waals surface area contributed by atoms with E-state index < -0.39 is 0 Å². The SMILES string of the molecule is CCCOc1nc(N(C)CC(=O)NC(C)C)ccc1N. The van der Waals surface area contributed by atoms with Crippen LogP contribution in [0.25, 0.3) is 0 Å². The zero-order chi connectivity index (χ0) is 15.1. The van der Waals surface area contributed by atoms with E-state index >= 15 is 0 Å². The van der Waals surface area contributed by atoms with Gasteiger partial charge in [0.15, 0.2) is 0 Å². The number of nitrogen functional groups attached to an aromatic ring is 1. The van der Waals surface area contributed by atoms with Gasteiger partial charge in [0.25, 0.3) is 0 Å². The minimum Gasteiger partial charge on any atom is -0.476 e. The Kier molecular flexibility index (Phi) is 6.09. The van der Waals surface area contributed by atoms with Gasteiger partial charge in [-0.2, -0.15) is 4.98 Å². The van der Waals surface area contributed by atoms with E-state index in [1.807, 2.05) is 27.8 Å². The number of nitrogens with two attached hydrogens (primary N) is 1. The number of nitrogens with one attached hydrogen (secondary N) is 1. The summed E-state index contributed by atoms with van der Waals surface area (Å²) < 4.78 is 5.48. The number of carbonyl (C=O) groups excluding carboxylic acids is 1. The molecule has 0 saturated carbocycles. The minimum absolute atomic E-state index is 0.0443. The second kappa shape index (κ2) is 7.57. The van der Waals surface area contributed by atoms with Gasteiger partial charge in [0.2, 0.25) is 11.8 Å². The minimum atomic E-state index is -0.0443. The normalized spacial score (nSPS) is 10.4. The molecule has 1 amide bonds. The lowest BCUT2D eigenvalue weighted by Crippen LogP contribution is -2.38. The highest BCUT2D eigenvalue weighted by molar-refractivity contribution is 5.81. The number of hydrogen-bond donors (Lipinski definition) is 2. The number of anilines is 2. The van der Waals surface area contributed by atoms with Crippen LogP contribution >= 0.6 is 0 Å². The van der Waals surface area contributed by atoms with E-state index in [4.69, 9.17) is 10.5 Å². The maximum Gasteiger partial charge on any atom is 0.239 e. The molecule has 1 rings (SSSR count). The summed E-state index contributed by atoms with van der Waals surface area (Å²) in [6.45, 7) is 6.68. The molecule has 0 atom stereocenters. The lowest BCUT2D eigenvalue weighted by Gasteiger charge is -2.19. The van der Waals surface area contributed by atoms with Crippen LogP contribution in [-0.4, -0.2) is 37.1 Å². The number of rotatable bonds is 7. The molecule has 1 aromatic heterocycles. The molecule has 0 saturated heterocycles. The molecule has 112 valence electrons. The first-order valence-corrected chi connectivity index (χ1v) is 6.83. The van der Waals surface area contributed by atoms with Gasteiger partial charge in [-0.1, -0.05) is 6.92 Å². The Balaban J connectivity index is 2.72. The van der Waals surface area contributed by atoms with Crippen molar-refractivity contribution in [2.24, 2.45) is 0 Å². The third-order valence-electron chi connectivity index (χ3n) is 2.54. The third-order valence-corrected chi connectivity index (χ3v) is 2.54. The molecule has 0 bridgehead atoms. The summed E-state index contributed by atoms with van der Waals surface area (Å²) in [5, 5.41) is 2.84. The molecule has 3 N–H and O–H groups in total. The van der Waals surface area contributed by atoms with Crippen LogP contribution < -0.4 is 20.7 Å². The quantitative estimate of drug-likeness (QED) is 0.789. The van der Waals surface area contributed by atoms with E-state index in [2.05, 4.69) is 10.3 Å². The first kappa shape index (κ1) is 16.1. The Morgan fingerprint density at radius 2 is 2.20 bits per heavy atom. The van der Waals surface area contributed by atoms with Gasteiger partial charge in [-0.05, 0) is 32.4 Å². The van der Waals surface area contributed by atoms with Crippen LogP contribution in [0.3, 0.4) is 0 Å². The Morgan fingerprint density at radius 1 is 1.50 bits per heavy atom. The Bertz CT molecular complexity index is 449. The van der Waals surface area contributed by atoms with Crippen molar-refractivity contribution in [2.75, 3.05) is 30.8 Å². The largest absolute Gasteiger partial charge is 0.476 e. The van der Waals surface area contributed by atoms with E-state index in [1.165, 1.54) is 0 Å². The monoisotopic (exact) mass is 280 g/mol. The molecule has 0 aliphatic carbocycles. The van der Waals surface area contributed by atoms with Crippen molar-refractivity contribution >= 4 is 17.4 Å². The van der Waals surface area contributed by atoms with Gasteiger partial charge in [-0.3, -0.25) is 4.79 Å². The standard InChI is InChI=1S/C14H24N4O2/c1-5-8-20-14-11(15)6-7-12(17-14)18(4)9-13(19)16-10(2)3/h6-7,10H,5,8-9,15H2,1-4H3,(H,16,19). The Labute approximate surface area is 120 Å². The van der Waals surface area contributed by atoms with Crippen molar-refractivity contribution < 1.29 is 9.53 Å². The van der Waals surface area contributed by atoms with Crippen molar-refractivity contribution in [3.63, 3.8) is 0 Å². The summed E-state index contributed by atoms with van der Waals surface area (Å²) in [7, 11) is 1.81. The van der Waals surface area contributed by atoms with Crippen LogP contribution in [0.2, 0.25) is 0 Å². The molecule has 0 fully saturated rings. The van der Waals surface area contributed by atoms with Crippen LogP contribution in [-0.2, 0) is 4.79 Å². The average Bonchev–Trinajstić information content (AvgIpc) is 2.36. The zero-order valence-corrected chi connectivity index (χ0v) is 12.6. The Morgan fingerprint density at radius 3 is 2.80 bits per heavy atom. The molecule has 0 spiro atoms. The van der Waals surface area contributed by atoms with Gasteiger partial charge in [0.05, 0.1) is 18.8 Å². The van der Waals surface area contributed by atoms with Crippen LogP contribution in [0.15, 0.2) is 12.1 Å². The summed E-state index contributed by atoms with van der Waals surface area (Å²) in [4.78, 5) is 17.8. The maximum atomic E-state index is 11.7. The molecule has 0 aromatic carbocycles. The van der Waals surface area contributed by atoms with E-state index in [-0.39, 0.29) is 18.5 Å². The first-order valence-electron chi connectivity index (χ1n) is 6.83. The molecular formula is C14H24N4O2. The van der Waals surface area contributed by atoms with Crippen LogP contribution in [0.1, 0.15) is 27.2 Å². The third kappa shape index (κ3) is 4.95. The molecule has 6 nitrogen and oxygen atoms in total. The van der Waals surface area contributed by atoms with Gasteiger partial charge in [-0.25, -0.2) is 0 Å². The van der Waals surface area contributed by atoms with Crippen LogP contribution in [0.4, 0.5) is 11.5 Å². The van der Waals surface area contributed by atoms with Crippen molar-refractivity contribution in [1.82, 2.24) is 10.3 Å². The average molecular weight is 280 g/mol. The highest BCUT2D eigenvalue weighted by Crippen LogP contribution is 2.22. The number of amides is 1. The second-order valence-corrected chi connectivity index (χ2v) is 4.99. The molecule has 1 aromatic rings. The van der Waals surface area contributed by atoms with E-state index in [9.17, 15) is 4.79 Å². The summed E-state index contributed by atoms with van der Waals surface area (Å²) in [5.41, 5.74) is 6.31. The first-order chi connectivity index (χ1) is 9.43. The highest BCUT2D eigenvalue weighted by Gasteiger charge is 2.11. The fourth-order valence-electron chi connectivity index (χ4n) is 1.63. The van der Waals surface area contributed by atoms with Gasteiger partial charge in [0, 0.05) is 13.1 Å². The zero-order valence-electron chi connectivity index (χ0n) is 12.6. The van der Waals surface area contributed by atoms with Gasteiger partial charge >= 0.3 is 0 Å². The maximum absolute atomic E-state index is 11.7. The molecule has 1 heterocycles. The van der Waals surface area contributed by atoms with Crippen molar-refractivity contribution in [2.45, 2.75) is 33.2 Å². The molecule has 20 heavy (non-hydrogen) atoms. The Hall–Kier alpha value is -1.98.